The molecule has 0 amide bonds. The van der Waals surface area contributed by atoms with Crippen LogP contribution in [-0.2, 0) is 16.8 Å². The van der Waals surface area contributed by atoms with Crippen molar-refractivity contribution in [3.63, 3.8) is 0 Å². The van der Waals surface area contributed by atoms with Crippen molar-refractivity contribution < 1.29 is 4.74 Å². The second-order valence-corrected chi connectivity index (χ2v) is 4.49. The van der Waals surface area contributed by atoms with Crippen LogP contribution in [0.1, 0.15) is 37.6 Å². The third kappa shape index (κ3) is 2.39. The lowest BCUT2D eigenvalue weighted by Crippen LogP contribution is -2.32. The number of hydrogen-bond donors (Lipinski definition) is 1. The number of rotatable bonds is 3. The Labute approximate surface area is 96.2 Å². The highest BCUT2D eigenvalue weighted by Crippen LogP contribution is 2.32. The van der Waals surface area contributed by atoms with E-state index in [1.165, 1.54) is 6.42 Å². The number of nitrogens with two attached hydrogens (primary N) is 1. The van der Waals surface area contributed by atoms with Crippen molar-refractivity contribution in [3.8, 4) is 0 Å². The van der Waals surface area contributed by atoms with E-state index in [0.29, 0.717) is 6.54 Å². The number of nitrogens with zero attached hydrogens (tertiary/aromatic N) is 2. The van der Waals surface area contributed by atoms with Crippen LogP contribution in [0.5, 0.6) is 0 Å². The van der Waals surface area contributed by atoms with Gasteiger partial charge >= 0.3 is 0 Å². The van der Waals surface area contributed by atoms with Crippen LogP contribution in [-0.4, -0.2) is 23.1 Å². The molecule has 0 spiro atoms. The van der Waals surface area contributed by atoms with Gasteiger partial charge in [0.2, 0.25) is 0 Å². The molecule has 1 fully saturated rings. The molecule has 1 aromatic rings. The van der Waals surface area contributed by atoms with Gasteiger partial charge in [0, 0.05) is 19.0 Å². The highest BCUT2D eigenvalue weighted by atomic mass is 16.5. The quantitative estimate of drug-likeness (QED) is 0.838. The van der Waals surface area contributed by atoms with Crippen LogP contribution in [0.15, 0.2) is 12.4 Å². The van der Waals surface area contributed by atoms with Crippen molar-refractivity contribution in [1.29, 1.82) is 0 Å². The van der Waals surface area contributed by atoms with Gasteiger partial charge in [-0.1, -0.05) is 0 Å². The molecule has 0 aromatic carbocycles. The summed E-state index contributed by atoms with van der Waals surface area (Å²) in [5.74, 6) is 0.799. The Kier molecular flexibility index (Phi) is 3.51. The summed E-state index contributed by atoms with van der Waals surface area (Å²) in [6.45, 7) is 3.52. The van der Waals surface area contributed by atoms with Gasteiger partial charge in [0.15, 0.2) is 5.82 Å². The van der Waals surface area contributed by atoms with E-state index in [0.717, 1.165) is 37.3 Å². The second-order valence-electron chi connectivity index (χ2n) is 4.49. The lowest BCUT2D eigenvalue weighted by molar-refractivity contribution is -0.0760. The van der Waals surface area contributed by atoms with E-state index in [1.54, 1.807) is 0 Å². The molecule has 2 rings (SSSR count). The summed E-state index contributed by atoms with van der Waals surface area (Å²) in [4.78, 5) is 8.80. The summed E-state index contributed by atoms with van der Waals surface area (Å²) in [7, 11) is 0. The molecule has 1 unspecified atom stereocenters. The standard InChI is InChI=1S/C12H19N3O/c1-12(5-2-3-7-16-12)11-14-8-10(4-6-13)9-15-11/h8-9H,2-7,13H2,1H3. The summed E-state index contributed by atoms with van der Waals surface area (Å²) in [5.41, 5.74) is 6.28. The smallest absolute Gasteiger partial charge is 0.159 e. The first-order valence-electron chi connectivity index (χ1n) is 5.90. The summed E-state index contributed by atoms with van der Waals surface area (Å²) in [6, 6.07) is 0. The Balaban J connectivity index is 2.13. The van der Waals surface area contributed by atoms with Crippen molar-refractivity contribution in [2.75, 3.05) is 13.2 Å². The Morgan fingerprint density at radius 2 is 2.12 bits per heavy atom. The van der Waals surface area contributed by atoms with Crippen LogP contribution in [0.4, 0.5) is 0 Å². The Bertz CT molecular complexity index is 331. The van der Waals surface area contributed by atoms with E-state index >= 15 is 0 Å². The maximum atomic E-state index is 5.80. The molecule has 1 aliphatic heterocycles. The molecular formula is C12H19N3O. The summed E-state index contributed by atoms with van der Waals surface area (Å²) >= 11 is 0. The Hall–Kier alpha value is -1.00. The molecule has 88 valence electrons. The van der Waals surface area contributed by atoms with E-state index in [9.17, 15) is 0 Å². The molecule has 1 saturated heterocycles. The molecule has 0 radical (unpaired) electrons. The van der Waals surface area contributed by atoms with Crippen LogP contribution in [0.2, 0.25) is 0 Å². The van der Waals surface area contributed by atoms with Crippen molar-refractivity contribution in [2.45, 2.75) is 38.2 Å². The summed E-state index contributed by atoms with van der Waals surface area (Å²) < 4.78 is 5.80. The molecule has 16 heavy (non-hydrogen) atoms. The second kappa shape index (κ2) is 4.89. The van der Waals surface area contributed by atoms with E-state index in [2.05, 4.69) is 16.9 Å². The molecular weight excluding hydrogens is 202 g/mol. The molecule has 1 aliphatic rings. The number of ether oxygens (including phenoxy) is 1. The zero-order chi connectivity index (χ0) is 11.4. The minimum atomic E-state index is -0.292. The third-order valence-corrected chi connectivity index (χ3v) is 3.08. The van der Waals surface area contributed by atoms with Gasteiger partial charge in [0.25, 0.3) is 0 Å². The highest BCUT2D eigenvalue weighted by molar-refractivity contribution is 5.09. The zero-order valence-corrected chi connectivity index (χ0v) is 9.78. The fraction of sp³-hybridized carbons (Fsp3) is 0.667. The zero-order valence-electron chi connectivity index (χ0n) is 9.78. The summed E-state index contributed by atoms with van der Waals surface area (Å²) in [5, 5.41) is 0. The van der Waals surface area contributed by atoms with Crippen LogP contribution in [0, 0.1) is 0 Å². The fourth-order valence-electron chi connectivity index (χ4n) is 2.03. The first kappa shape index (κ1) is 11.5. The van der Waals surface area contributed by atoms with Crippen molar-refractivity contribution >= 4 is 0 Å². The molecule has 0 aliphatic carbocycles. The monoisotopic (exact) mass is 221 g/mol. The van der Waals surface area contributed by atoms with E-state index in [-0.39, 0.29) is 5.60 Å². The van der Waals surface area contributed by atoms with Gasteiger partial charge in [0.1, 0.15) is 5.60 Å². The highest BCUT2D eigenvalue weighted by Gasteiger charge is 2.32. The minimum Gasteiger partial charge on any atom is -0.367 e. The SMILES string of the molecule is CC1(c2ncc(CCN)cn2)CCCCO1. The van der Waals surface area contributed by atoms with E-state index in [1.807, 2.05) is 12.4 Å². The van der Waals surface area contributed by atoms with Gasteiger partial charge in [-0.25, -0.2) is 9.97 Å². The lowest BCUT2D eigenvalue weighted by atomic mass is 9.95. The molecule has 0 bridgehead atoms. The van der Waals surface area contributed by atoms with Gasteiger partial charge in [-0.2, -0.15) is 0 Å². The van der Waals surface area contributed by atoms with Crippen molar-refractivity contribution in [1.82, 2.24) is 9.97 Å². The van der Waals surface area contributed by atoms with Crippen LogP contribution >= 0.6 is 0 Å². The molecule has 4 nitrogen and oxygen atoms in total. The lowest BCUT2D eigenvalue weighted by Gasteiger charge is -2.32. The molecule has 0 saturated carbocycles. The molecule has 4 heteroatoms. The third-order valence-electron chi connectivity index (χ3n) is 3.08. The predicted octanol–water partition coefficient (Wildman–Crippen LogP) is 1.39. The van der Waals surface area contributed by atoms with Crippen LogP contribution in [0.25, 0.3) is 0 Å². The Morgan fingerprint density at radius 1 is 1.38 bits per heavy atom. The van der Waals surface area contributed by atoms with Crippen molar-refractivity contribution in [2.24, 2.45) is 5.73 Å². The van der Waals surface area contributed by atoms with Crippen molar-refractivity contribution in [3.05, 3.63) is 23.8 Å². The first-order valence-corrected chi connectivity index (χ1v) is 5.90. The van der Waals surface area contributed by atoms with Gasteiger partial charge in [-0.3, -0.25) is 0 Å². The van der Waals surface area contributed by atoms with Crippen LogP contribution in [0.3, 0.4) is 0 Å². The average Bonchev–Trinajstić information content (AvgIpc) is 2.31. The Morgan fingerprint density at radius 3 is 2.69 bits per heavy atom. The largest absolute Gasteiger partial charge is 0.367 e. The van der Waals surface area contributed by atoms with Gasteiger partial charge in [-0.15, -0.1) is 0 Å². The van der Waals surface area contributed by atoms with Gasteiger partial charge in [-0.05, 0) is 44.7 Å². The number of aromatic nitrogens is 2. The first-order chi connectivity index (χ1) is 7.74. The molecule has 1 atom stereocenters. The number of hydrogen-bond acceptors (Lipinski definition) is 4. The summed E-state index contributed by atoms with van der Waals surface area (Å²) in [6.07, 6.45) is 7.88. The predicted molar refractivity (Wildman–Crippen MR) is 61.9 cm³/mol. The maximum absolute atomic E-state index is 5.80. The van der Waals surface area contributed by atoms with Gasteiger partial charge < -0.3 is 10.5 Å². The average molecular weight is 221 g/mol. The topological polar surface area (TPSA) is 61.0 Å². The van der Waals surface area contributed by atoms with E-state index < -0.39 is 0 Å². The maximum Gasteiger partial charge on any atom is 0.159 e. The fourth-order valence-corrected chi connectivity index (χ4v) is 2.03. The minimum absolute atomic E-state index is 0.292. The molecule has 2 N–H and O–H groups in total. The van der Waals surface area contributed by atoms with Crippen LogP contribution < -0.4 is 5.73 Å². The molecule has 2 heterocycles. The van der Waals surface area contributed by atoms with E-state index in [4.69, 9.17) is 10.5 Å². The van der Waals surface area contributed by atoms with Gasteiger partial charge in [0.05, 0.1) is 0 Å². The molecule has 1 aromatic heterocycles. The normalized spacial score (nSPS) is 25.6.